The summed E-state index contributed by atoms with van der Waals surface area (Å²) in [5, 5.41) is 7.01. The summed E-state index contributed by atoms with van der Waals surface area (Å²) in [6.07, 6.45) is 3.76. The monoisotopic (exact) mass is 249 g/mol. The number of rotatable bonds is 6. The summed E-state index contributed by atoms with van der Waals surface area (Å²) in [6.45, 7) is 6.17. The van der Waals surface area contributed by atoms with E-state index in [1.165, 1.54) is 0 Å². The molecule has 88 valence electrons. The second-order valence-corrected chi connectivity index (χ2v) is 5.73. The smallest absolute Gasteiger partial charge is 0.311 e. The third kappa shape index (κ3) is 6.22. The largest absolute Gasteiger partial charge is 0.451 e. The molecule has 0 amide bonds. The summed E-state index contributed by atoms with van der Waals surface area (Å²) < 4.78 is 4.73. The molecule has 0 saturated carbocycles. The van der Waals surface area contributed by atoms with Crippen molar-refractivity contribution in [3.63, 3.8) is 0 Å². The Bertz CT molecular complexity index is 214. The van der Waals surface area contributed by atoms with Crippen molar-refractivity contribution in [2.45, 2.75) is 40.0 Å². The van der Waals surface area contributed by atoms with Crippen LogP contribution in [0.2, 0.25) is 0 Å². The topological polar surface area (TPSA) is 50.2 Å². The molecule has 0 radical (unpaired) electrons. The van der Waals surface area contributed by atoms with Gasteiger partial charge in [-0.1, -0.05) is 27.2 Å². The highest BCUT2D eigenvalue weighted by molar-refractivity contribution is 7.25. The van der Waals surface area contributed by atoms with E-state index in [9.17, 15) is 4.79 Å². The van der Waals surface area contributed by atoms with E-state index in [1.54, 1.807) is 0 Å². The maximum atomic E-state index is 11.5. The Morgan fingerprint density at radius 3 is 2.47 bits per heavy atom. The van der Waals surface area contributed by atoms with Gasteiger partial charge < -0.3 is 4.52 Å². The summed E-state index contributed by atoms with van der Waals surface area (Å²) in [7, 11) is 2.71. The van der Waals surface area contributed by atoms with Gasteiger partial charge in [-0.3, -0.25) is 9.96 Å². The van der Waals surface area contributed by atoms with Crippen LogP contribution in [-0.4, -0.2) is 12.1 Å². The highest BCUT2D eigenvalue weighted by atomic mass is 31.1. The van der Waals surface area contributed by atoms with Gasteiger partial charge in [0.2, 0.25) is 0 Å². The molecule has 0 spiro atoms. The number of hydrogen-bond donors (Lipinski definition) is 1. The average Bonchev–Trinajstić information content (AvgIpc) is 2.15. The van der Waals surface area contributed by atoms with E-state index in [1.807, 2.05) is 9.47 Å². The van der Waals surface area contributed by atoms with E-state index in [-0.39, 0.29) is 17.3 Å². The van der Waals surface area contributed by atoms with Crippen molar-refractivity contribution in [1.29, 1.82) is 5.16 Å². The van der Waals surface area contributed by atoms with E-state index >= 15 is 0 Å². The number of hydrogen-bond acceptors (Lipinski definition) is 3. The minimum atomic E-state index is -0.143. The van der Waals surface area contributed by atoms with Crippen molar-refractivity contribution >= 4 is 23.8 Å². The first-order chi connectivity index (χ1) is 6.93. The van der Waals surface area contributed by atoms with Gasteiger partial charge in [-0.05, 0) is 26.6 Å². The molecule has 0 aromatic heterocycles. The minimum absolute atomic E-state index is 0.0441. The van der Waals surface area contributed by atoms with Crippen LogP contribution in [0.25, 0.3) is 0 Å². The Kier molecular flexibility index (Phi) is 7.30. The molecule has 0 rings (SSSR count). The predicted molar refractivity (Wildman–Crippen MR) is 67.1 cm³/mol. The lowest BCUT2D eigenvalue weighted by atomic mass is 9.78. The first-order valence-electron chi connectivity index (χ1n) is 5.17. The lowest BCUT2D eigenvalue weighted by Gasteiger charge is -2.28. The molecule has 1 N–H and O–H groups in total. The van der Waals surface area contributed by atoms with Crippen LogP contribution in [0.1, 0.15) is 40.0 Å². The molecule has 2 atom stereocenters. The molecule has 0 fully saturated rings. The molecule has 0 aliphatic rings. The zero-order chi connectivity index (χ0) is 11.9. The van der Waals surface area contributed by atoms with Crippen molar-refractivity contribution in [2.75, 3.05) is 6.16 Å². The second kappa shape index (κ2) is 7.30. The van der Waals surface area contributed by atoms with Crippen molar-refractivity contribution in [2.24, 2.45) is 11.3 Å². The average molecular weight is 249 g/mol. The maximum Gasteiger partial charge on any atom is 0.311 e. The Morgan fingerprint density at radius 1 is 1.47 bits per heavy atom. The summed E-state index contributed by atoms with van der Waals surface area (Å²) in [5.41, 5.74) is -0.0493. The Hall–Kier alpha value is -0.0000000000000000555. The molecular weight excluding hydrogens is 228 g/mol. The van der Waals surface area contributed by atoms with Crippen LogP contribution in [0.15, 0.2) is 0 Å². The van der Waals surface area contributed by atoms with Gasteiger partial charge in [-0.25, -0.2) is 0 Å². The van der Waals surface area contributed by atoms with Crippen molar-refractivity contribution in [1.82, 2.24) is 0 Å². The lowest BCUT2D eigenvalue weighted by Crippen LogP contribution is -2.28. The van der Waals surface area contributed by atoms with Gasteiger partial charge in [-0.2, -0.15) is 0 Å². The van der Waals surface area contributed by atoms with Crippen LogP contribution in [0, 0.1) is 16.5 Å². The normalized spacial score (nSPS) is 13.9. The molecule has 0 aliphatic carbocycles. The SMILES string of the molecule is CC(C)(C)C(CCCCP=N)C(=O)OP. The Morgan fingerprint density at radius 2 is 2.07 bits per heavy atom. The molecule has 0 bridgehead atoms. The van der Waals surface area contributed by atoms with Crippen LogP contribution in [0.5, 0.6) is 0 Å². The summed E-state index contributed by atoms with van der Waals surface area (Å²) in [5.74, 6) is -0.187. The maximum absolute atomic E-state index is 11.5. The summed E-state index contributed by atoms with van der Waals surface area (Å²) in [6, 6.07) is 0. The van der Waals surface area contributed by atoms with Crippen LogP contribution in [0.4, 0.5) is 0 Å². The van der Waals surface area contributed by atoms with Gasteiger partial charge in [0.05, 0.1) is 15.4 Å². The number of carbonyl (C=O) groups excluding carboxylic acids is 1. The molecule has 0 aromatic rings. The number of carbonyl (C=O) groups is 1. The predicted octanol–water partition coefficient (Wildman–Crippen LogP) is 3.86. The second-order valence-electron chi connectivity index (χ2n) is 4.73. The van der Waals surface area contributed by atoms with Gasteiger partial charge >= 0.3 is 5.97 Å². The highest BCUT2D eigenvalue weighted by Gasteiger charge is 2.31. The third-order valence-electron chi connectivity index (χ3n) is 2.46. The van der Waals surface area contributed by atoms with Gasteiger partial charge in [0, 0.05) is 6.16 Å². The van der Waals surface area contributed by atoms with Gasteiger partial charge in [0.25, 0.3) is 0 Å². The zero-order valence-electron chi connectivity index (χ0n) is 9.75. The van der Waals surface area contributed by atoms with Crippen LogP contribution in [-0.2, 0) is 9.32 Å². The van der Waals surface area contributed by atoms with Gasteiger partial charge in [0.1, 0.15) is 0 Å². The van der Waals surface area contributed by atoms with E-state index in [0.717, 1.165) is 25.4 Å². The molecule has 0 heterocycles. The molecule has 0 aliphatic heterocycles. The summed E-state index contributed by atoms with van der Waals surface area (Å²) >= 11 is 0. The molecule has 2 unspecified atom stereocenters. The molecule has 5 heteroatoms. The van der Waals surface area contributed by atoms with Gasteiger partial charge in [-0.15, -0.1) is 0 Å². The van der Waals surface area contributed by atoms with E-state index in [0.29, 0.717) is 8.37 Å². The van der Waals surface area contributed by atoms with Crippen molar-refractivity contribution in [3.05, 3.63) is 0 Å². The lowest BCUT2D eigenvalue weighted by molar-refractivity contribution is -0.141. The molecule has 0 aromatic carbocycles. The Labute approximate surface area is 96.3 Å². The minimum Gasteiger partial charge on any atom is -0.451 e. The van der Waals surface area contributed by atoms with Crippen LogP contribution < -0.4 is 0 Å². The first kappa shape index (κ1) is 15.0. The Balaban J connectivity index is 4.15. The van der Waals surface area contributed by atoms with Crippen LogP contribution in [0.3, 0.4) is 0 Å². The fourth-order valence-corrected chi connectivity index (χ4v) is 2.07. The van der Waals surface area contributed by atoms with Crippen molar-refractivity contribution < 1.29 is 9.32 Å². The molecular formula is C10H21NO2P2. The van der Waals surface area contributed by atoms with E-state index < -0.39 is 0 Å². The zero-order valence-corrected chi connectivity index (χ0v) is 11.8. The van der Waals surface area contributed by atoms with Gasteiger partial charge in [0.15, 0.2) is 0 Å². The molecule has 15 heavy (non-hydrogen) atoms. The van der Waals surface area contributed by atoms with Crippen molar-refractivity contribution in [3.8, 4) is 0 Å². The fraction of sp³-hybridized carbons (Fsp3) is 0.900. The summed E-state index contributed by atoms with van der Waals surface area (Å²) in [4.78, 5) is 11.5. The third-order valence-corrected chi connectivity index (χ3v) is 3.23. The fourth-order valence-electron chi connectivity index (χ4n) is 1.53. The molecule has 3 nitrogen and oxygen atoms in total. The van der Waals surface area contributed by atoms with Crippen LogP contribution >= 0.6 is 17.8 Å². The first-order valence-corrected chi connectivity index (χ1v) is 6.72. The standard InChI is InChI=1S/C10H21NO2P2/c1-10(2,3)8(9(12)13-14)6-4-5-7-15-11/h8,11H,4-7,14H2,1-3H3. The quantitative estimate of drug-likeness (QED) is 0.574. The van der Waals surface area contributed by atoms with E-state index in [2.05, 4.69) is 20.8 Å². The highest BCUT2D eigenvalue weighted by Crippen LogP contribution is 2.31. The van der Waals surface area contributed by atoms with E-state index in [4.69, 9.17) is 9.69 Å². The number of unbranched alkanes of at least 4 members (excludes halogenated alkanes) is 1. The number of nitrogens with one attached hydrogen (secondary N) is 1. The molecule has 0 saturated heterocycles.